The lowest BCUT2D eigenvalue weighted by molar-refractivity contribution is -0.197. The van der Waals surface area contributed by atoms with Gasteiger partial charge in [-0.25, -0.2) is 4.79 Å². The first kappa shape index (κ1) is 13.6. The van der Waals surface area contributed by atoms with Crippen LogP contribution in [0.15, 0.2) is 12.7 Å². The summed E-state index contributed by atoms with van der Waals surface area (Å²) in [7, 11) is 1.20. The van der Waals surface area contributed by atoms with Crippen molar-refractivity contribution in [3.63, 3.8) is 0 Å². The summed E-state index contributed by atoms with van der Waals surface area (Å²) in [6.45, 7) is 5.05. The van der Waals surface area contributed by atoms with Crippen molar-refractivity contribution >= 4 is 11.9 Å². The fourth-order valence-corrected chi connectivity index (χ4v) is 0.815. The third-order valence-corrected chi connectivity index (χ3v) is 1.49. The molecule has 0 bridgehead atoms. The average Bonchev–Trinajstić information content (AvgIpc) is 2.21. The van der Waals surface area contributed by atoms with Crippen LogP contribution in [0.5, 0.6) is 0 Å². The minimum absolute atomic E-state index is 0.305. The minimum Gasteiger partial charge on any atom is -0.464 e. The fraction of sp³-hybridized carbons (Fsp3) is 0.600. The fourth-order valence-electron chi connectivity index (χ4n) is 0.815. The molecule has 0 heterocycles. The Morgan fingerprint density at radius 2 is 2.13 bits per heavy atom. The number of carbonyl (C=O) groups is 2. The Balaban J connectivity index is 3.95. The van der Waals surface area contributed by atoms with Crippen LogP contribution in [0, 0.1) is 0 Å². The minimum atomic E-state index is -1.27. The van der Waals surface area contributed by atoms with E-state index >= 15 is 0 Å². The van der Waals surface area contributed by atoms with Crippen molar-refractivity contribution in [1.82, 2.24) is 0 Å². The van der Waals surface area contributed by atoms with Gasteiger partial charge in [-0.3, -0.25) is 4.79 Å². The Bertz CT molecular complexity index is 224. The second-order valence-electron chi connectivity index (χ2n) is 2.77. The van der Waals surface area contributed by atoms with E-state index in [1.165, 1.54) is 14.0 Å². The van der Waals surface area contributed by atoms with Gasteiger partial charge in [-0.1, -0.05) is 6.08 Å². The van der Waals surface area contributed by atoms with E-state index in [1.54, 1.807) is 6.08 Å². The summed E-state index contributed by atoms with van der Waals surface area (Å²) < 4.78 is 14.1. The average molecular weight is 216 g/mol. The molecule has 0 aromatic heterocycles. The van der Waals surface area contributed by atoms with E-state index in [4.69, 9.17) is 4.74 Å². The van der Waals surface area contributed by atoms with Gasteiger partial charge in [-0.05, 0) is 12.8 Å². The summed E-state index contributed by atoms with van der Waals surface area (Å²) in [4.78, 5) is 21.7. The molecule has 0 saturated heterocycles. The molecule has 0 amide bonds. The van der Waals surface area contributed by atoms with Crippen molar-refractivity contribution in [1.29, 1.82) is 0 Å². The topological polar surface area (TPSA) is 61.8 Å². The summed E-state index contributed by atoms with van der Waals surface area (Å²) in [6, 6.07) is 0. The molecule has 15 heavy (non-hydrogen) atoms. The molecule has 5 heteroatoms. The summed E-state index contributed by atoms with van der Waals surface area (Å²) in [5, 5.41) is 0. The first-order valence-corrected chi connectivity index (χ1v) is 4.59. The summed E-state index contributed by atoms with van der Waals surface area (Å²) in [6.07, 6.45) is 1.95. The van der Waals surface area contributed by atoms with Crippen LogP contribution in [0.2, 0.25) is 0 Å². The summed E-state index contributed by atoms with van der Waals surface area (Å²) >= 11 is 0. The molecule has 0 saturated carbocycles. The zero-order chi connectivity index (χ0) is 11.7. The SMILES string of the molecule is C=CCCCO[C@H](OC(C)=O)C(=O)OC. The van der Waals surface area contributed by atoms with E-state index in [0.29, 0.717) is 13.0 Å². The number of carbonyl (C=O) groups excluding carboxylic acids is 2. The predicted octanol–water partition coefficient (Wildman–Crippen LogP) is 1.03. The van der Waals surface area contributed by atoms with E-state index < -0.39 is 18.2 Å². The molecule has 0 spiro atoms. The molecule has 0 aromatic rings. The van der Waals surface area contributed by atoms with Crippen LogP contribution in [-0.4, -0.2) is 31.9 Å². The van der Waals surface area contributed by atoms with Crippen LogP contribution in [0.4, 0.5) is 0 Å². The van der Waals surface area contributed by atoms with Crippen molar-refractivity contribution in [3.05, 3.63) is 12.7 Å². The number of ether oxygens (including phenoxy) is 3. The molecule has 0 aliphatic carbocycles. The number of esters is 2. The lowest BCUT2D eigenvalue weighted by Gasteiger charge is -2.14. The molecule has 86 valence electrons. The third-order valence-electron chi connectivity index (χ3n) is 1.49. The van der Waals surface area contributed by atoms with Gasteiger partial charge in [0, 0.05) is 6.92 Å². The lowest BCUT2D eigenvalue weighted by atomic mass is 10.3. The molecule has 0 radical (unpaired) electrons. The van der Waals surface area contributed by atoms with Crippen LogP contribution in [0.1, 0.15) is 19.8 Å². The van der Waals surface area contributed by atoms with Gasteiger partial charge in [0.2, 0.25) is 0 Å². The van der Waals surface area contributed by atoms with Crippen molar-refractivity contribution in [3.8, 4) is 0 Å². The number of unbranched alkanes of at least 4 members (excludes halogenated alkanes) is 1. The summed E-state index contributed by atoms with van der Waals surface area (Å²) in [5.74, 6) is -1.31. The molecular formula is C10H16O5. The van der Waals surface area contributed by atoms with Gasteiger partial charge in [0.1, 0.15) is 0 Å². The van der Waals surface area contributed by atoms with E-state index in [-0.39, 0.29) is 0 Å². The van der Waals surface area contributed by atoms with Crippen molar-refractivity contribution in [2.75, 3.05) is 13.7 Å². The standard InChI is InChI=1S/C10H16O5/c1-4-5-6-7-14-10(9(12)13-3)15-8(2)11/h4,10H,1,5-7H2,2-3H3/t10-/m1/s1. The van der Waals surface area contributed by atoms with E-state index in [0.717, 1.165) is 6.42 Å². The smallest absolute Gasteiger partial charge is 0.376 e. The zero-order valence-corrected chi connectivity index (χ0v) is 9.02. The largest absolute Gasteiger partial charge is 0.464 e. The molecular weight excluding hydrogens is 200 g/mol. The highest BCUT2D eigenvalue weighted by Crippen LogP contribution is 2.01. The van der Waals surface area contributed by atoms with E-state index in [1.807, 2.05) is 0 Å². The quantitative estimate of drug-likeness (QED) is 0.275. The highest BCUT2D eigenvalue weighted by molar-refractivity contribution is 5.77. The maximum absolute atomic E-state index is 11.1. The van der Waals surface area contributed by atoms with Gasteiger partial charge in [0.25, 0.3) is 0 Å². The van der Waals surface area contributed by atoms with Gasteiger partial charge in [0.15, 0.2) is 0 Å². The second kappa shape index (κ2) is 7.99. The van der Waals surface area contributed by atoms with Crippen LogP contribution < -0.4 is 0 Å². The van der Waals surface area contributed by atoms with Crippen molar-refractivity contribution in [2.45, 2.75) is 26.1 Å². The van der Waals surface area contributed by atoms with Crippen LogP contribution in [-0.2, 0) is 23.8 Å². The maximum Gasteiger partial charge on any atom is 0.376 e. The maximum atomic E-state index is 11.1. The molecule has 5 nitrogen and oxygen atoms in total. The molecule has 0 aliphatic heterocycles. The van der Waals surface area contributed by atoms with Crippen LogP contribution >= 0.6 is 0 Å². The van der Waals surface area contributed by atoms with Gasteiger partial charge in [0.05, 0.1) is 13.7 Å². The molecule has 0 unspecified atom stereocenters. The Labute approximate surface area is 89.0 Å². The molecule has 0 fully saturated rings. The molecule has 0 aliphatic rings. The van der Waals surface area contributed by atoms with Crippen molar-refractivity contribution in [2.24, 2.45) is 0 Å². The molecule has 0 N–H and O–H groups in total. The third kappa shape index (κ3) is 6.68. The number of hydrogen-bond acceptors (Lipinski definition) is 5. The molecule has 0 rings (SSSR count). The normalized spacial score (nSPS) is 11.6. The summed E-state index contributed by atoms with van der Waals surface area (Å²) in [5.41, 5.74) is 0. The lowest BCUT2D eigenvalue weighted by Crippen LogP contribution is -2.30. The molecule has 0 aromatic carbocycles. The van der Waals surface area contributed by atoms with Crippen LogP contribution in [0.25, 0.3) is 0 Å². The van der Waals surface area contributed by atoms with Gasteiger partial charge in [-0.2, -0.15) is 0 Å². The monoisotopic (exact) mass is 216 g/mol. The predicted molar refractivity (Wildman–Crippen MR) is 53.0 cm³/mol. The van der Waals surface area contributed by atoms with E-state index in [9.17, 15) is 9.59 Å². The molecule has 1 atom stereocenters. The van der Waals surface area contributed by atoms with Gasteiger partial charge >= 0.3 is 18.2 Å². The Kier molecular flexibility index (Phi) is 7.27. The number of rotatable bonds is 7. The Hall–Kier alpha value is -1.36. The number of hydrogen-bond donors (Lipinski definition) is 0. The Morgan fingerprint density at radius 3 is 2.60 bits per heavy atom. The first-order chi connectivity index (χ1) is 7.11. The highest BCUT2D eigenvalue weighted by atomic mass is 16.7. The van der Waals surface area contributed by atoms with Crippen molar-refractivity contribution < 1.29 is 23.8 Å². The van der Waals surface area contributed by atoms with E-state index in [2.05, 4.69) is 16.1 Å². The van der Waals surface area contributed by atoms with Gasteiger partial charge < -0.3 is 14.2 Å². The first-order valence-electron chi connectivity index (χ1n) is 4.59. The van der Waals surface area contributed by atoms with Crippen LogP contribution in [0.3, 0.4) is 0 Å². The number of allylic oxidation sites excluding steroid dienone is 1. The van der Waals surface area contributed by atoms with Gasteiger partial charge in [-0.15, -0.1) is 6.58 Å². The Morgan fingerprint density at radius 1 is 1.47 bits per heavy atom. The second-order valence-corrected chi connectivity index (χ2v) is 2.77. The highest BCUT2D eigenvalue weighted by Gasteiger charge is 2.22. The zero-order valence-electron chi connectivity index (χ0n) is 9.02. The number of methoxy groups -OCH3 is 1.